The normalized spacial score (nSPS) is 15.9. The van der Waals surface area contributed by atoms with Gasteiger partial charge in [-0.3, -0.25) is 0 Å². The van der Waals surface area contributed by atoms with Crippen LogP contribution in [-0.2, 0) is 13.0 Å². The summed E-state index contributed by atoms with van der Waals surface area (Å²) in [6.45, 7) is 10.7. The molecule has 2 nitrogen and oxygen atoms in total. The third-order valence-electron chi connectivity index (χ3n) is 2.43. The van der Waals surface area contributed by atoms with Crippen molar-refractivity contribution >= 4 is 11.3 Å². The van der Waals surface area contributed by atoms with E-state index in [4.69, 9.17) is 0 Å². The lowest BCUT2D eigenvalue weighted by molar-refractivity contribution is 0.314. The van der Waals surface area contributed by atoms with Gasteiger partial charge in [0.15, 0.2) is 0 Å². The molecule has 1 aromatic rings. The fourth-order valence-corrected chi connectivity index (χ4v) is 2.78. The minimum atomic E-state index is 0.584. The molecule has 2 rings (SSSR count). The van der Waals surface area contributed by atoms with Gasteiger partial charge in [0.25, 0.3) is 0 Å². The van der Waals surface area contributed by atoms with E-state index in [1.54, 1.807) is 0 Å². The highest BCUT2D eigenvalue weighted by Crippen LogP contribution is 2.28. The molecular formula is C12H22N2S. The summed E-state index contributed by atoms with van der Waals surface area (Å²) < 4.78 is 0. The van der Waals surface area contributed by atoms with Crippen LogP contribution in [0.4, 0.5) is 0 Å². The quantitative estimate of drug-likeness (QED) is 0.730. The average molecular weight is 226 g/mol. The number of thiazole rings is 1. The molecular weight excluding hydrogens is 204 g/mol. The van der Waals surface area contributed by atoms with Gasteiger partial charge in [0.1, 0.15) is 0 Å². The molecule has 0 radical (unpaired) electrons. The van der Waals surface area contributed by atoms with Crippen molar-refractivity contribution < 1.29 is 0 Å². The largest absolute Gasteiger partial charge is 0.301 e. The maximum absolute atomic E-state index is 4.68. The molecule has 1 aliphatic rings. The van der Waals surface area contributed by atoms with Gasteiger partial charge in [-0.05, 0) is 7.05 Å². The summed E-state index contributed by atoms with van der Waals surface area (Å²) in [5.41, 5.74) is 1.35. The zero-order valence-electron chi connectivity index (χ0n) is 10.5. The smallest absolute Gasteiger partial charge is 0.0957 e. The maximum atomic E-state index is 4.68. The summed E-state index contributed by atoms with van der Waals surface area (Å²) in [5, 5.41) is 1.31. The molecule has 1 aliphatic heterocycles. The van der Waals surface area contributed by atoms with E-state index < -0.39 is 0 Å². The van der Waals surface area contributed by atoms with E-state index in [-0.39, 0.29) is 0 Å². The Hall–Kier alpha value is -0.410. The summed E-state index contributed by atoms with van der Waals surface area (Å²) >= 11 is 1.89. The zero-order chi connectivity index (χ0) is 11.4. The van der Waals surface area contributed by atoms with Gasteiger partial charge in [0.2, 0.25) is 0 Å². The fourth-order valence-electron chi connectivity index (χ4n) is 1.59. The Kier molecular flexibility index (Phi) is 4.74. The Bertz CT molecular complexity index is 305. The first-order valence-corrected chi connectivity index (χ1v) is 6.65. The summed E-state index contributed by atoms with van der Waals surface area (Å²) in [7, 11) is 2.18. The number of hydrogen-bond donors (Lipinski definition) is 0. The zero-order valence-corrected chi connectivity index (χ0v) is 11.3. The second-order valence-corrected chi connectivity index (χ2v) is 5.18. The molecule has 0 spiro atoms. The third-order valence-corrected chi connectivity index (χ3v) is 3.82. The number of fused-ring (bicyclic) bond motifs is 1. The molecule has 0 amide bonds. The van der Waals surface area contributed by atoms with Gasteiger partial charge in [0, 0.05) is 30.3 Å². The molecule has 3 heteroatoms. The lowest BCUT2D eigenvalue weighted by atomic mass is 10.2. The Balaban J connectivity index is 0.000000531. The fraction of sp³-hybridized carbons (Fsp3) is 0.750. The minimum absolute atomic E-state index is 0.584. The highest BCUT2D eigenvalue weighted by atomic mass is 32.1. The van der Waals surface area contributed by atoms with Crippen LogP contribution in [-0.4, -0.2) is 23.5 Å². The topological polar surface area (TPSA) is 16.1 Å². The van der Waals surface area contributed by atoms with Crippen molar-refractivity contribution in [3.8, 4) is 0 Å². The van der Waals surface area contributed by atoms with Gasteiger partial charge in [0.05, 0.1) is 10.7 Å². The van der Waals surface area contributed by atoms with Crippen LogP contribution in [0.5, 0.6) is 0 Å². The van der Waals surface area contributed by atoms with Crippen LogP contribution in [0.1, 0.15) is 49.2 Å². The summed E-state index contributed by atoms with van der Waals surface area (Å²) in [4.78, 5) is 8.53. The van der Waals surface area contributed by atoms with Crippen LogP contribution >= 0.6 is 11.3 Å². The highest BCUT2D eigenvalue weighted by Gasteiger charge is 2.18. The van der Waals surface area contributed by atoms with E-state index in [2.05, 4.69) is 30.8 Å². The van der Waals surface area contributed by atoms with E-state index >= 15 is 0 Å². The lowest BCUT2D eigenvalue weighted by Gasteiger charge is -2.20. The van der Waals surface area contributed by atoms with Crippen molar-refractivity contribution in [3.63, 3.8) is 0 Å². The van der Waals surface area contributed by atoms with Crippen LogP contribution in [0.25, 0.3) is 0 Å². The Morgan fingerprint density at radius 3 is 2.60 bits per heavy atom. The Morgan fingerprint density at radius 1 is 1.33 bits per heavy atom. The first-order valence-electron chi connectivity index (χ1n) is 5.84. The second-order valence-electron chi connectivity index (χ2n) is 4.06. The van der Waals surface area contributed by atoms with Gasteiger partial charge in [-0.15, -0.1) is 11.3 Å². The Morgan fingerprint density at radius 2 is 2.00 bits per heavy atom. The van der Waals surface area contributed by atoms with Gasteiger partial charge >= 0.3 is 0 Å². The third kappa shape index (κ3) is 3.02. The predicted octanol–water partition coefficient (Wildman–Crippen LogP) is 3.28. The standard InChI is InChI=1S/C10H16N2S.C2H6/c1-7(2)10-11-8-4-5-12(3)6-9(8)13-10;1-2/h7H,4-6H2,1-3H3;1-2H3. The van der Waals surface area contributed by atoms with Crippen LogP contribution in [0.2, 0.25) is 0 Å². The minimum Gasteiger partial charge on any atom is -0.301 e. The van der Waals surface area contributed by atoms with E-state index in [0.29, 0.717) is 5.92 Å². The summed E-state index contributed by atoms with van der Waals surface area (Å²) in [6.07, 6.45) is 1.13. The van der Waals surface area contributed by atoms with Crippen molar-refractivity contribution in [2.24, 2.45) is 0 Å². The number of rotatable bonds is 1. The van der Waals surface area contributed by atoms with Crippen molar-refractivity contribution in [2.45, 2.75) is 46.6 Å². The van der Waals surface area contributed by atoms with Crippen molar-refractivity contribution in [2.75, 3.05) is 13.6 Å². The molecule has 0 aromatic carbocycles. The monoisotopic (exact) mass is 226 g/mol. The first-order chi connectivity index (χ1) is 7.16. The molecule has 15 heavy (non-hydrogen) atoms. The second kappa shape index (κ2) is 5.61. The van der Waals surface area contributed by atoms with Crippen LogP contribution in [0, 0.1) is 0 Å². The van der Waals surface area contributed by atoms with Gasteiger partial charge in [-0.25, -0.2) is 4.98 Å². The Labute approximate surface area is 97.3 Å². The number of hydrogen-bond acceptors (Lipinski definition) is 3. The summed E-state index contributed by atoms with van der Waals surface area (Å²) in [6, 6.07) is 0. The molecule has 0 saturated carbocycles. The van der Waals surface area contributed by atoms with Crippen molar-refractivity contribution in [1.29, 1.82) is 0 Å². The van der Waals surface area contributed by atoms with Crippen LogP contribution in [0.3, 0.4) is 0 Å². The molecule has 0 N–H and O–H groups in total. The van der Waals surface area contributed by atoms with E-state index in [1.165, 1.54) is 15.6 Å². The number of aromatic nitrogens is 1. The molecule has 0 aliphatic carbocycles. The summed E-state index contributed by atoms with van der Waals surface area (Å²) in [5.74, 6) is 0.584. The number of likely N-dealkylation sites (N-methyl/N-ethyl adjacent to an activating group) is 1. The highest BCUT2D eigenvalue weighted by molar-refractivity contribution is 7.11. The molecule has 86 valence electrons. The lowest BCUT2D eigenvalue weighted by Crippen LogP contribution is -2.25. The molecule has 0 saturated heterocycles. The molecule has 0 atom stereocenters. The molecule has 1 aromatic heterocycles. The predicted molar refractivity (Wildman–Crippen MR) is 67.6 cm³/mol. The molecule has 0 fully saturated rings. The van der Waals surface area contributed by atoms with E-state index in [9.17, 15) is 0 Å². The van der Waals surface area contributed by atoms with Gasteiger partial charge < -0.3 is 4.90 Å². The SMILES string of the molecule is CC.CC(C)c1nc2c(s1)CN(C)CC2. The average Bonchev–Trinajstić information content (AvgIpc) is 2.63. The van der Waals surface area contributed by atoms with E-state index in [1.807, 2.05) is 25.2 Å². The number of nitrogens with zero attached hydrogens (tertiary/aromatic N) is 2. The van der Waals surface area contributed by atoms with E-state index in [0.717, 1.165) is 19.5 Å². The molecule has 0 bridgehead atoms. The van der Waals surface area contributed by atoms with Gasteiger partial charge in [-0.1, -0.05) is 27.7 Å². The van der Waals surface area contributed by atoms with Crippen LogP contribution in [0.15, 0.2) is 0 Å². The first kappa shape index (κ1) is 12.7. The molecule has 2 heterocycles. The molecule has 0 unspecified atom stereocenters. The maximum Gasteiger partial charge on any atom is 0.0957 e. The van der Waals surface area contributed by atoms with Crippen molar-refractivity contribution in [3.05, 3.63) is 15.6 Å². The van der Waals surface area contributed by atoms with Gasteiger partial charge in [-0.2, -0.15) is 0 Å². The van der Waals surface area contributed by atoms with Crippen LogP contribution < -0.4 is 0 Å². The van der Waals surface area contributed by atoms with Crippen molar-refractivity contribution in [1.82, 2.24) is 9.88 Å².